The van der Waals surface area contributed by atoms with Gasteiger partial charge in [0.15, 0.2) is 0 Å². The van der Waals surface area contributed by atoms with Crippen LogP contribution in [0.25, 0.3) is 0 Å². The third-order valence-electron chi connectivity index (χ3n) is 4.37. The molecule has 2 aliphatic heterocycles. The van der Waals surface area contributed by atoms with Gasteiger partial charge in [-0.2, -0.15) is 0 Å². The van der Waals surface area contributed by atoms with Gasteiger partial charge in [-0.15, -0.1) is 0 Å². The summed E-state index contributed by atoms with van der Waals surface area (Å²) in [6.07, 6.45) is 0. The lowest BCUT2D eigenvalue weighted by molar-refractivity contribution is -0.211. The number of hydrogen-bond donors (Lipinski definition) is 0. The fraction of sp³-hybridized carbons (Fsp3) is 0.647. The van der Waals surface area contributed by atoms with Crippen LogP contribution in [0, 0.1) is 0 Å². The predicted molar refractivity (Wildman–Crippen MR) is 83.4 cm³/mol. The first kappa shape index (κ1) is 14.7. The Morgan fingerprint density at radius 2 is 2.00 bits per heavy atom. The maximum absolute atomic E-state index is 5.90. The maximum Gasteiger partial charge on any atom is 0.142 e. The Balaban J connectivity index is 1.87. The van der Waals surface area contributed by atoms with Crippen LogP contribution in [0.5, 0.6) is 5.75 Å². The van der Waals surface area contributed by atoms with E-state index in [0.29, 0.717) is 13.2 Å². The molecule has 2 saturated heterocycles. The second-order valence-corrected chi connectivity index (χ2v) is 7.08. The minimum Gasteiger partial charge on any atom is -0.495 e. The highest BCUT2D eigenvalue weighted by Crippen LogP contribution is 2.37. The smallest absolute Gasteiger partial charge is 0.142 e. The van der Waals surface area contributed by atoms with Crippen LogP contribution in [0.2, 0.25) is 0 Å². The second kappa shape index (κ2) is 5.18. The van der Waals surface area contributed by atoms with Gasteiger partial charge in [-0.1, -0.05) is 26.8 Å². The molecule has 1 spiro atoms. The fourth-order valence-electron chi connectivity index (χ4n) is 2.96. The van der Waals surface area contributed by atoms with E-state index < -0.39 is 0 Å². The average Bonchev–Trinajstić information content (AvgIpc) is 2.44. The molecule has 2 fully saturated rings. The Hall–Kier alpha value is -1.26. The van der Waals surface area contributed by atoms with Gasteiger partial charge in [-0.3, -0.25) is 0 Å². The van der Waals surface area contributed by atoms with Crippen molar-refractivity contribution in [1.82, 2.24) is 0 Å². The van der Waals surface area contributed by atoms with Gasteiger partial charge in [0.05, 0.1) is 39.2 Å². The highest BCUT2D eigenvalue weighted by molar-refractivity contribution is 5.61. The second-order valence-electron chi connectivity index (χ2n) is 7.08. The molecule has 4 heteroatoms. The summed E-state index contributed by atoms with van der Waals surface area (Å²) < 4.78 is 16.9. The van der Waals surface area contributed by atoms with Crippen molar-refractivity contribution in [2.24, 2.45) is 0 Å². The third kappa shape index (κ3) is 2.74. The number of ether oxygens (including phenoxy) is 3. The monoisotopic (exact) mass is 291 g/mol. The molecule has 0 bridgehead atoms. The lowest BCUT2D eigenvalue weighted by atomic mass is 9.86. The van der Waals surface area contributed by atoms with Crippen LogP contribution in [0.4, 0.5) is 5.69 Å². The zero-order chi connectivity index (χ0) is 15.1. The highest BCUT2D eigenvalue weighted by atomic mass is 16.6. The Morgan fingerprint density at radius 1 is 1.24 bits per heavy atom. The molecule has 0 aromatic heterocycles. The molecular formula is C17H25NO3. The van der Waals surface area contributed by atoms with Crippen molar-refractivity contribution >= 4 is 5.69 Å². The summed E-state index contributed by atoms with van der Waals surface area (Å²) in [5, 5.41) is 0. The Morgan fingerprint density at radius 3 is 2.57 bits per heavy atom. The molecule has 0 N–H and O–H groups in total. The molecule has 0 radical (unpaired) electrons. The number of rotatable bonds is 2. The molecular weight excluding hydrogens is 266 g/mol. The van der Waals surface area contributed by atoms with Crippen LogP contribution in [-0.2, 0) is 14.9 Å². The highest BCUT2D eigenvalue weighted by Gasteiger charge is 2.44. The summed E-state index contributed by atoms with van der Waals surface area (Å²) in [4.78, 5) is 2.36. The largest absolute Gasteiger partial charge is 0.495 e. The van der Waals surface area contributed by atoms with Gasteiger partial charge in [0.2, 0.25) is 0 Å². The number of methoxy groups -OCH3 is 1. The molecule has 1 aromatic carbocycles. The van der Waals surface area contributed by atoms with E-state index in [-0.39, 0.29) is 11.0 Å². The maximum atomic E-state index is 5.90. The number of hydrogen-bond acceptors (Lipinski definition) is 4. The Kier molecular flexibility index (Phi) is 3.62. The first-order valence-electron chi connectivity index (χ1n) is 7.59. The normalized spacial score (nSPS) is 21.2. The lowest BCUT2D eigenvalue weighted by Crippen LogP contribution is -2.63. The SMILES string of the molecule is COc1cc(C(C)(C)C)ccc1N1CCOC2(COC2)C1. The molecule has 1 aromatic rings. The van der Waals surface area contributed by atoms with Gasteiger partial charge in [0, 0.05) is 6.54 Å². The summed E-state index contributed by atoms with van der Waals surface area (Å²) in [7, 11) is 1.74. The molecule has 21 heavy (non-hydrogen) atoms. The van der Waals surface area contributed by atoms with E-state index in [2.05, 4.69) is 43.9 Å². The number of morpholine rings is 1. The van der Waals surface area contributed by atoms with E-state index >= 15 is 0 Å². The molecule has 2 aliphatic rings. The van der Waals surface area contributed by atoms with E-state index in [0.717, 1.165) is 31.1 Å². The van der Waals surface area contributed by atoms with Crippen LogP contribution in [0.1, 0.15) is 26.3 Å². The van der Waals surface area contributed by atoms with E-state index in [1.807, 2.05) is 0 Å². The standard InChI is InChI=1S/C17H25NO3/c1-16(2,3)13-5-6-14(15(9-13)19-4)18-7-8-21-17(10-18)11-20-12-17/h5-6,9H,7-8,10-12H2,1-4H3. The summed E-state index contributed by atoms with van der Waals surface area (Å²) >= 11 is 0. The topological polar surface area (TPSA) is 30.9 Å². The molecule has 0 saturated carbocycles. The number of nitrogens with zero attached hydrogens (tertiary/aromatic N) is 1. The molecule has 0 unspecified atom stereocenters. The van der Waals surface area contributed by atoms with Crippen molar-refractivity contribution in [2.45, 2.75) is 31.8 Å². The summed E-state index contributed by atoms with van der Waals surface area (Å²) in [5.74, 6) is 0.944. The van der Waals surface area contributed by atoms with Crippen molar-refractivity contribution in [3.05, 3.63) is 23.8 Å². The van der Waals surface area contributed by atoms with Gasteiger partial charge in [-0.05, 0) is 23.1 Å². The first-order chi connectivity index (χ1) is 9.93. The van der Waals surface area contributed by atoms with E-state index in [4.69, 9.17) is 14.2 Å². The molecule has 4 nitrogen and oxygen atoms in total. The van der Waals surface area contributed by atoms with Crippen LogP contribution in [-0.4, -0.2) is 45.6 Å². The summed E-state index contributed by atoms with van der Waals surface area (Å²) in [6, 6.07) is 6.55. The van der Waals surface area contributed by atoms with Crippen molar-refractivity contribution in [2.75, 3.05) is 44.9 Å². The van der Waals surface area contributed by atoms with Crippen molar-refractivity contribution in [3.63, 3.8) is 0 Å². The number of anilines is 1. The fourth-order valence-corrected chi connectivity index (χ4v) is 2.96. The van der Waals surface area contributed by atoms with Crippen LogP contribution in [0.15, 0.2) is 18.2 Å². The molecule has 0 aliphatic carbocycles. The minimum absolute atomic E-state index is 0.105. The predicted octanol–water partition coefficient (Wildman–Crippen LogP) is 2.60. The van der Waals surface area contributed by atoms with Gasteiger partial charge in [0.25, 0.3) is 0 Å². The molecule has 116 valence electrons. The Labute approximate surface area is 127 Å². The molecule has 0 amide bonds. The van der Waals surface area contributed by atoms with Gasteiger partial charge in [0.1, 0.15) is 11.4 Å². The van der Waals surface area contributed by atoms with Gasteiger partial charge < -0.3 is 19.1 Å². The van der Waals surface area contributed by atoms with Gasteiger partial charge >= 0.3 is 0 Å². The lowest BCUT2D eigenvalue weighted by Gasteiger charge is -2.48. The van der Waals surface area contributed by atoms with Crippen molar-refractivity contribution in [3.8, 4) is 5.75 Å². The average molecular weight is 291 g/mol. The quantitative estimate of drug-likeness (QED) is 0.838. The summed E-state index contributed by atoms with van der Waals surface area (Å²) in [6.45, 7) is 10.6. The number of benzene rings is 1. The first-order valence-corrected chi connectivity index (χ1v) is 7.59. The van der Waals surface area contributed by atoms with Crippen molar-refractivity contribution < 1.29 is 14.2 Å². The molecule has 0 atom stereocenters. The molecule has 3 rings (SSSR count). The van der Waals surface area contributed by atoms with E-state index in [1.54, 1.807) is 7.11 Å². The Bertz CT molecular complexity index is 517. The van der Waals surface area contributed by atoms with Crippen LogP contribution < -0.4 is 9.64 Å². The third-order valence-corrected chi connectivity index (χ3v) is 4.37. The molecule has 2 heterocycles. The van der Waals surface area contributed by atoms with Crippen LogP contribution >= 0.6 is 0 Å². The van der Waals surface area contributed by atoms with E-state index in [9.17, 15) is 0 Å². The zero-order valence-electron chi connectivity index (χ0n) is 13.4. The van der Waals surface area contributed by atoms with Gasteiger partial charge in [-0.25, -0.2) is 0 Å². The summed E-state index contributed by atoms with van der Waals surface area (Å²) in [5.41, 5.74) is 2.46. The minimum atomic E-state index is -0.105. The zero-order valence-corrected chi connectivity index (χ0v) is 13.4. The van der Waals surface area contributed by atoms with Crippen LogP contribution in [0.3, 0.4) is 0 Å². The van der Waals surface area contributed by atoms with Crippen molar-refractivity contribution in [1.29, 1.82) is 0 Å². The van der Waals surface area contributed by atoms with E-state index in [1.165, 1.54) is 5.56 Å².